The van der Waals surface area contributed by atoms with Crippen molar-refractivity contribution in [2.24, 2.45) is 5.73 Å². The molecule has 118 valence electrons. The number of aliphatic hydroxyl groups is 1. The van der Waals surface area contributed by atoms with E-state index in [1.54, 1.807) is 30.6 Å². The third-order valence-electron chi connectivity index (χ3n) is 3.00. The normalized spacial score (nSPS) is 13.0. The summed E-state index contributed by atoms with van der Waals surface area (Å²) in [5, 5.41) is 13.8. The first-order chi connectivity index (χ1) is 10.4. The van der Waals surface area contributed by atoms with Crippen LogP contribution in [-0.2, 0) is 22.1 Å². The summed E-state index contributed by atoms with van der Waals surface area (Å²) in [7, 11) is -3.52. The van der Waals surface area contributed by atoms with Gasteiger partial charge in [0, 0.05) is 18.0 Å². The lowest BCUT2D eigenvalue weighted by Gasteiger charge is -2.11. The van der Waals surface area contributed by atoms with Crippen LogP contribution in [0.5, 0.6) is 0 Å². The standard InChI is InChI=1S/C14H17N3O4S/c15-14(19)12-4-1-3-11(7-12)9-22(20,21)10-13(18)8-17-6-2-5-16-17/h1-7,13,18H,8-10H2,(H2,15,19)/t13-/m0/s1. The number of primary amides is 1. The Morgan fingerprint density at radius 1 is 1.36 bits per heavy atom. The molecule has 2 aromatic rings. The number of benzene rings is 1. The van der Waals surface area contributed by atoms with Crippen LogP contribution in [-0.4, -0.2) is 41.1 Å². The zero-order chi connectivity index (χ0) is 16.2. The first-order valence-corrected chi connectivity index (χ1v) is 8.42. The summed E-state index contributed by atoms with van der Waals surface area (Å²) in [4.78, 5) is 11.1. The molecule has 1 aromatic heterocycles. The quantitative estimate of drug-likeness (QED) is 0.741. The number of rotatable bonds is 7. The Morgan fingerprint density at radius 3 is 2.77 bits per heavy atom. The molecule has 2 rings (SSSR count). The zero-order valence-electron chi connectivity index (χ0n) is 11.8. The fourth-order valence-electron chi connectivity index (χ4n) is 2.10. The molecule has 3 N–H and O–H groups in total. The van der Waals surface area contributed by atoms with Crippen LogP contribution in [0, 0.1) is 0 Å². The van der Waals surface area contributed by atoms with Gasteiger partial charge in [-0.15, -0.1) is 0 Å². The predicted octanol–water partition coefficient (Wildman–Crippen LogP) is -0.0421. The van der Waals surface area contributed by atoms with E-state index in [0.717, 1.165) is 0 Å². The predicted molar refractivity (Wildman–Crippen MR) is 80.7 cm³/mol. The summed E-state index contributed by atoms with van der Waals surface area (Å²) in [6.07, 6.45) is 2.15. The molecule has 22 heavy (non-hydrogen) atoms. The zero-order valence-corrected chi connectivity index (χ0v) is 12.6. The van der Waals surface area contributed by atoms with E-state index in [4.69, 9.17) is 5.73 Å². The first-order valence-electron chi connectivity index (χ1n) is 6.60. The Labute approximate surface area is 128 Å². The fourth-order valence-corrected chi connectivity index (χ4v) is 3.59. The molecule has 0 unspecified atom stereocenters. The van der Waals surface area contributed by atoms with E-state index < -0.39 is 21.8 Å². The van der Waals surface area contributed by atoms with Gasteiger partial charge in [0.25, 0.3) is 0 Å². The highest BCUT2D eigenvalue weighted by Crippen LogP contribution is 2.11. The summed E-state index contributed by atoms with van der Waals surface area (Å²) >= 11 is 0. The van der Waals surface area contributed by atoms with Crippen LogP contribution in [0.4, 0.5) is 0 Å². The van der Waals surface area contributed by atoms with Crippen LogP contribution in [0.25, 0.3) is 0 Å². The van der Waals surface area contributed by atoms with Gasteiger partial charge in [-0.05, 0) is 23.8 Å². The maximum atomic E-state index is 12.1. The molecule has 8 heteroatoms. The van der Waals surface area contributed by atoms with Crippen LogP contribution in [0.3, 0.4) is 0 Å². The van der Waals surface area contributed by atoms with Gasteiger partial charge in [-0.1, -0.05) is 12.1 Å². The van der Waals surface area contributed by atoms with E-state index in [1.165, 1.54) is 16.8 Å². The van der Waals surface area contributed by atoms with E-state index >= 15 is 0 Å². The number of aliphatic hydroxyl groups excluding tert-OH is 1. The number of sulfone groups is 1. The minimum Gasteiger partial charge on any atom is -0.390 e. The van der Waals surface area contributed by atoms with Gasteiger partial charge < -0.3 is 10.8 Å². The Balaban J connectivity index is 2.01. The number of hydrogen-bond donors (Lipinski definition) is 2. The van der Waals surface area contributed by atoms with E-state index in [2.05, 4.69) is 5.10 Å². The molecular formula is C14H17N3O4S. The average molecular weight is 323 g/mol. The summed E-state index contributed by atoms with van der Waals surface area (Å²) in [5.41, 5.74) is 5.88. The molecule has 0 saturated heterocycles. The van der Waals surface area contributed by atoms with Crippen molar-refractivity contribution in [3.63, 3.8) is 0 Å². The van der Waals surface area contributed by atoms with E-state index in [9.17, 15) is 18.3 Å². The Hall–Kier alpha value is -2.19. The summed E-state index contributed by atoms with van der Waals surface area (Å²) in [6.45, 7) is 0.105. The smallest absolute Gasteiger partial charge is 0.248 e. The second kappa shape index (κ2) is 6.71. The molecule has 0 spiro atoms. The number of nitrogens with two attached hydrogens (primary N) is 1. The molecule has 0 saturated carbocycles. The summed E-state index contributed by atoms with van der Waals surface area (Å²) in [6, 6.07) is 7.83. The van der Waals surface area contributed by atoms with E-state index in [1.807, 2.05) is 0 Å². The second-order valence-corrected chi connectivity index (χ2v) is 7.11. The lowest BCUT2D eigenvalue weighted by atomic mass is 10.1. The van der Waals surface area contributed by atoms with Crippen molar-refractivity contribution in [2.75, 3.05) is 5.75 Å². The third-order valence-corrected chi connectivity index (χ3v) is 4.67. The fraction of sp³-hybridized carbons (Fsp3) is 0.286. The molecule has 1 atom stereocenters. The molecule has 0 fully saturated rings. The monoisotopic (exact) mass is 323 g/mol. The van der Waals surface area contributed by atoms with Crippen LogP contribution in [0.1, 0.15) is 15.9 Å². The SMILES string of the molecule is NC(=O)c1cccc(CS(=O)(=O)C[C@@H](O)Cn2cccn2)c1. The largest absolute Gasteiger partial charge is 0.390 e. The van der Waals surface area contributed by atoms with Crippen LogP contribution >= 0.6 is 0 Å². The summed E-state index contributed by atoms with van der Waals surface area (Å²) < 4.78 is 25.7. The minimum absolute atomic E-state index is 0.105. The molecule has 0 radical (unpaired) electrons. The third kappa shape index (κ3) is 4.68. The maximum Gasteiger partial charge on any atom is 0.248 e. The number of aromatic nitrogens is 2. The van der Waals surface area contributed by atoms with Crippen molar-refractivity contribution >= 4 is 15.7 Å². The Kier molecular flexibility index (Phi) is 4.94. The van der Waals surface area contributed by atoms with Gasteiger partial charge in [-0.25, -0.2) is 8.42 Å². The van der Waals surface area contributed by atoms with Crippen LogP contribution in [0.15, 0.2) is 42.7 Å². The molecule has 1 aromatic carbocycles. The van der Waals surface area contributed by atoms with Gasteiger partial charge in [0.05, 0.1) is 24.2 Å². The second-order valence-electron chi connectivity index (χ2n) is 5.00. The molecule has 1 amide bonds. The van der Waals surface area contributed by atoms with Gasteiger partial charge >= 0.3 is 0 Å². The number of amides is 1. The topological polar surface area (TPSA) is 115 Å². The van der Waals surface area contributed by atoms with E-state index in [-0.39, 0.29) is 23.6 Å². The molecule has 0 aliphatic rings. The molecule has 0 bridgehead atoms. The average Bonchev–Trinajstić information content (AvgIpc) is 2.90. The highest BCUT2D eigenvalue weighted by Gasteiger charge is 2.19. The van der Waals surface area contributed by atoms with Gasteiger partial charge in [0.1, 0.15) is 0 Å². The number of carbonyl (C=O) groups is 1. The first kappa shape index (κ1) is 16.2. The molecule has 0 aliphatic carbocycles. The van der Waals surface area contributed by atoms with Crippen molar-refractivity contribution in [2.45, 2.75) is 18.4 Å². The van der Waals surface area contributed by atoms with Crippen LogP contribution < -0.4 is 5.73 Å². The molecule has 0 aliphatic heterocycles. The van der Waals surface area contributed by atoms with Gasteiger partial charge in [-0.2, -0.15) is 5.10 Å². The van der Waals surface area contributed by atoms with Gasteiger partial charge in [0.2, 0.25) is 5.91 Å². The molecule has 1 heterocycles. The molecular weight excluding hydrogens is 306 g/mol. The van der Waals surface area contributed by atoms with Crippen molar-refractivity contribution in [3.05, 3.63) is 53.9 Å². The molecule has 7 nitrogen and oxygen atoms in total. The van der Waals surface area contributed by atoms with Crippen molar-refractivity contribution < 1.29 is 18.3 Å². The Morgan fingerprint density at radius 2 is 2.14 bits per heavy atom. The Bertz CT molecular complexity index is 741. The maximum absolute atomic E-state index is 12.1. The van der Waals surface area contributed by atoms with E-state index in [0.29, 0.717) is 5.56 Å². The van der Waals surface area contributed by atoms with Gasteiger partial charge in [-0.3, -0.25) is 9.48 Å². The minimum atomic E-state index is -3.52. The number of hydrogen-bond acceptors (Lipinski definition) is 5. The van der Waals surface area contributed by atoms with Gasteiger partial charge in [0.15, 0.2) is 9.84 Å². The van der Waals surface area contributed by atoms with Crippen molar-refractivity contribution in [1.29, 1.82) is 0 Å². The van der Waals surface area contributed by atoms with Crippen molar-refractivity contribution in [1.82, 2.24) is 9.78 Å². The van der Waals surface area contributed by atoms with Crippen LogP contribution in [0.2, 0.25) is 0 Å². The summed E-state index contributed by atoms with van der Waals surface area (Å²) in [5.74, 6) is -1.25. The highest BCUT2D eigenvalue weighted by molar-refractivity contribution is 7.90. The number of carbonyl (C=O) groups excluding carboxylic acids is 1. The lowest BCUT2D eigenvalue weighted by molar-refractivity contribution is 0.1000. The lowest BCUT2D eigenvalue weighted by Crippen LogP contribution is -2.26. The van der Waals surface area contributed by atoms with Crippen molar-refractivity contribution in [3.8, 4) is 0 Å². The number of nitrogens with zero attached hydrogens (tertiary/aromatic N) is 2. The highest BCUT2D eigenvalue weighted by atomic mass is 32.2.